The average Bonchev–Trinajstić information content (AvgIpc) is 2.82. The lowest BCUT2D eigenvalue weighted by Crippen LogP contribution is -2.28. The molecule has 4 aromatic rings. The number of nitrogens with one attached hydrogen (secondary N) is 1. The van der Waals surface area contributed by atoms with Crippen LogP contribution in [0.15, 0.2) is 79.1 Å². The van der Waals surface area contributed by atoms with Gasteiger partial charge in [0.2, 0.25) is 0 Å². The zero-order chi connectivity index (χ0) is 21.6. The number of aromatic nitrogens is 2. The fraction of sp³-hybridized carbons (Fsp3) is 0.192. The van der Waals surface area contributed by atoms with Crippen LogP contribution < -0.4 is 10.2 Å². The molecule has 4 rings (SSSR count). The van der Waals surface area contributed by atoms with E-state index in [1.807, 2.05) is 61.5 Å². The molecule has 2 heterocycles. The van der Waals surface area contributed by atoms with E-state index >= 15 is 0 Å². The van der Waals surface area contributed by atoms with Gasteiger partial charge in [-0.05, 0) is 55.8 Å². The number of aryl methyl sites for hydroxylation is 1. The van der Waals surface area contributed by atoms with Crippen molar-refractivity contribution in [2.45, 2.75) is 13.3 Å². The molecule has 0 unspecified atom stereocenters. The fourth-order valence-corrected chi connectivity index (χ4v) is 3.61. The highest BCUT2D eigenvalue weighted by atomic mass is 16.1. The number of carbonyl (C=O) groups is 1. The SMILES string of the molecule is Cc1ccc2nc(-c3cccnc3)cc(C(=O)NCCCN(C)c3ccccc3)c2c1. The number of fused-ring (bicyclic) bond motifs is 1. The minimum atomic E-state index is -0.0782. The molecule has 1 amide bonds. The number of hydrogen-bond donors (Lipinski definition) is 1. The first-order chi connectivity index (χ1) is 15.1. The highest BCUT2D eigenvalue weighted by molar-refractivity contribution is 6.07. The molecule has 0 bridgehead atoms. The molecule has 0 aliphatic carbocycles. The molecule has 0 spiro atoms. The molecule has 0 aliphatic rings. The maximum Gasteiger partial charge on any atom is 0.252 e. The maximum absolute atomic E-state index is 13.1. The van der Waals surface area contributed by atoms with E-state index in [1.54, 1.807) is 12.4 Å². The number of nitrogens with zero attached hydrogens (tertiary/aromatic N) is 3. The number of pyridine rings is 2. The second kappa shape index (κ2) is 9.39. The van der Waals surface area contributed by atoms with Gasteiger partial charge in [0.05, 0.1) is 16.8 Å². The van der Waals surface area contributed by atoms with Gasteiger partial charge in [-0.3, -0.25) is 9.78 Å². The van der Waals surface area contributed by atoms with Gasteiger partial charge < -0.3 is 10.2 Å². The second-order valence-electron chi connectivity index (χ2n) is 7.68. The minimum absolute atomic E-state index is 0.0782. The molecule has 0 radical (unpaired) electrons. The van der Waals surface area contributed by atoms with Crippen LogP contribution in [0, 0.1) is 6.92 Å². The molecule has 0 aliphatic heterocycles. The van der Waals surface area contributed by atoms with E-state index in [0.717, 1.165) is 40.7 Å². The second-order valence-corrected chi connectivity index (χ2v) is 7.68. The molecule has 2 aromatic carbocycles. The molecule has 0 fully saturated rings. The van der Waals surface area contributed by atoms with Crippen molar-refractivity contribution in [3.63, 3.8) is 0 Å². The number of carbonyl (C=O) groups excluding carboxylic acids is 1. The Morgan fingerprint density at radius 2 is 1.87 bits per heavy atom. The molecule has 5 nitrogen and oxygen atoms in total. The van der Waals surface area contributed by atoms with Gasteiger partial charge in [-0.2, -0.15) is 0 Å². The van der Waals surface area contributed by atoms with E-state index in [9.17, 15) is 4.79 Å². The van der Waals surface area contributed by atoms with Gasteiger partial charge in [0.1, 0.15) is 0 Å². The van der Waals surface area contributed by atoms with Crippen LogP contribution in [0.4, 0.5) is 5.69 Å². The minimum Gasteiger partial charge on any atom is -0.375 e. The molecule has 2 aromatic heterocycles. The summed E-state index contributed by atoms with van der Waals surface area (Å²) in [6.45, 7) is 3.49. The molecule has 156 valence electrons. The molecule has 0 saturated carbocycles. The van der Waals surface area contributed by atoms with E-state index in [-0.39, 0.29) is 5.91 Å². The molecule has 31 heavy (non-hydrogen) atoms. The zero-order valence-electron chi connectivity index (χ0n) is 17.9. The summed E-state index contributed by atoms with van der Waals surface area (Å²) < 4.78 is 0. The van der Waals surface area contributed by atoms with Crippen LogP contribution in [0.1, 0.15) is 22.3 Å². The van der Waals surface area contributed by atoms with Crippen LogP contribution in [-0.4, -0.2) is 36.0 Å². The quantitative estimate of drug-likeness (QED) is 0.442. The normalized spacial score (nSPS) is 10.8. The fourth-order valence-electron chi connectivity index (χ4n) is 3.61. The Hall–Kier alpha value is -3.73. The van der Waals surface area contributed by atoms with Gasteiger partial charge in [0.15, 0.2) is 0 Å². The van der Waals surface area contributed by atoms with Gasteiger partial charge in [-0.25, -0.2) is 4.98 Å². The first kappa shape index (κ1) is 20.5. The van der Waals surface area contributed by atoms with Crippen molar-refractivity contribution in [2.75, 3.05) is 25.0 Å². The summed E-state index contributed by atoms with van der Waals surface area (Å²) in [5.41, 5.74) is 5.36. The lowest BCUT2D eigenvalue weighted by molar-refractivity contribution is 0.0955. The zero-order valence-corrected chi connectivity index (χ0v) is 17.9. The number of amides is 1. The number of hydrogen-bond acceptors (Lipinski definition) is 4. The van der Waals surface area contributed by atoms with Crippen LogP contribution in [0.2, 0.25) is 0 Å². The lowest BCUT2D eigenvalue weighted by Gasteiger charge is -2.19. The van der Waals surface area contributed by atoms with E-state index in [1.165, 1.54) is 5.69 Å². The highest BCUT2D eigenvalue weighted by Gasteiger charge is 2.14. The molecular weight excluding hydrogens is 384 g/mol. The van der Waals surface area contributed by atoms with Crippen molar-refractivity contribution in [1.82, 2.24) is 15.3 Å². The Bertz CT molecular complexity index is 1180. The van der Waals surface area contributed by atoms with Gasteiger partial charge in [-0.1, -0.05) is 29.8 Å². The summed E-state index contributed by atoms with van der Waals surface area (Å²) in [6.07, 6.45) is 4.35. The monoisotopic (exact) mass is 410 g/mol. The summed E-state index contributed by atoms with van der Waals surface area (Å²) in [7, 11) is 2.07. The maximum atomic E-state index is 13.1. The van der Waals surface area contributed by atoms with Crippen LogP contribution in [0.3, 0.4) is 0 Å². The summed E-state index contributed by atoms with van der Waals surface area (Å²) >= 11 is 0. The Kier molecular flexibility index (Phi) is 6.22. The van der Waals surface area contributed by atoms with Crippen molar-refractivity contribution >= 4 is 22.5 Å². The Morgan fingerprint density at radius 3 is 2.65 bits per heavy atom. The molecular formula is C26H26N4O. The van der Waals surface area contributed by atoms with Crippen LogP contribution >= 0.6 is 0 Å². The van der Waals surface area contributed by atoms with Crippen molar-refractivity contribution in [1.29, 1.82) is 0 Å². The van der Waals surface area contributed by atoms with Crippen LogP contribution in [-0.2, 0) is 0 Å². The Morgan fingerprint density at radius 1 is 1.03 bits per heavy atom. The molecule has 5 heteroatoms. The molecule has 0 atom stereocenters. The van der Waals surface area contributed by atoms with Crippen molar-refractivity contribution in [3.05, 3.63) is 90.3 Å². The Balaban J connectivity index is 1.50. The summed E-state index contributed by atoms with van der Waals surface area (Å²) in [4.78, 5) is 24.2. The predicted molar refractivity (Wildman–Crippen MR) is 126 cm³/mol. The van der Waals surface area contributed by atoms with E-state index in [2.05, 4.69) is 34.4 Å². The summed E-state index contributed by atoms with van der Waals surface area (Å²) in [5, 5.41) is 3.95. The number of benzene rings is 2. The van der Waals surface area contributed by atoms with Crippen molar-refractivity contribution < 1.29 is 4.79 Å². The molecule has 1 N–H and O–H groups in total. The average molecular weight is 411 g/mol. The lowest BCUT2D eigenvalue weighted by atomic mass is 10.0. The topological polar surface area (TPSA) is 58.1 Å². The number of rotatable bonds is 7. The predicted octanol–water partition coefficient (Wildman–Crippen LogP) is 4.86. The molecule has 0 saturated heterocycles. The summed E-state index contributed by atoms with van der Waals surface area (Å²) in [5.74, 6) is -0.0782. The third-order valence-electron chi connectivity index (χ3n) is 5.32. The first-order valence-electron chi connectivity index (χ1n) is 10.5. The summed E-state index contributed by atoms with van der Waals surface area (Å²) in [6, 6.07) is 22.0. The Labute approximate surface area is 182 Å². The third kappa shape index (κ3) is 4.89. The van der Waals surface area contributed by atoms with E-state index in [0.29, 0.717) is 12.1 Å². The van der Waals surface area contributed by atoms with Crippen molar-refractivity contribution in [2.24, 2.45) is 0 Å². The van der Waals surface area contributed by atoms with Crippen LogP contribution in [0.25, 0.3) is 22.2 Å². The van der Waals surface area contributed by atoms with Gasteiger partial charge in [0.25, 0.3) is 5.91 Å². The highest BCUT2D eigenvalue weighted by Crippen LogP contribution is 2.25. The van der Waals surface area contributed by atoms with Gasteiger partial charge in [-0.15, -0.1) is 0 Å². The van der Waals surface area contributed by atoms with Gasteiger partial charge in [0, 0.05) is 49.2 Å². The number of anilines is 1. The largest absolute Gasteiger partial charge is 0.375 e. The van der Waals surface area contributed by atoms with Crippen LogP contribution in [0.5, 0.6) is 0 Å². The first-order valence-corrected chi connectivity index (χ1v) is 10.5. The number of para-hydroxylation sites is 1. The smallest absolute Gasteiger partial charge is 0.252 e. The third-order valence-corrected chi connectivity index (χ3v) is 5.32. The van der Waals surface area contributed by atoms with E-state index in [4.69, 9.17) is 4.98 Å². The standard InChI is InChI=1S/C26H26N4O/c1-19-11-12-24-22(16-19)23(17-25(29-24)20-8-6-13-27-18-20)26(31)28-14-7-15-30(2)21-9-4-3-5-10-21/h3-6,8-13,16-18H,7,14-15H2,1-2H3,(H,28,31). The van der Waals surface area contributed by atoms with Crippen molar-refractivity contribution in [3.8, 4) is 11.3 Å². The van der Waals surface area contributed by atoms with E-state index < -0.39 is 0 Å². The van der Waals surface area contributed by atoms with Gasteiger partial charge >= 0.3 is 0 Å².